The van der Waals surface area contributed by atoms with Crippen LogP contribution in [0.2, 0.25) is 0 Å². The summed E-state index contributed by atoms with van der Waals surface area (Å²) < 4.78 is 0. The molecule has 0 aromatic heterocycles. The molecule has 0 aliphatic heterocycles. The molecule has 67 heavy (non-hydrogen) atoms. The highest BCUT2D eigenvalue weighted by Crippen LogP contribution is 2.86. The fourth-order valence-electron chi connectivity index (χ4n) is 25.4. The van der Waals surface area contributed by atoms with E-state index >= 15 is 0 Å². The maximum absolute atomic E-state index is 13.4. The van der Waals surface area contributed by atoms with E-state index in [0.29, 0.717) is 6.42 Å². The van der Waals surface area contributed by atoms with Crippen LogP contribution in [0.15, 0.2) is 12.2 Å². The zero-order chi connectivity index (χ0) is 40.0. The van der Waals surface area contributed by atoms with E-state index in [-0.39, 0.29) is 5.41 Å². The first-order valence-corrected chi connectivity index (χ1v) is 25.2. The molecule has 0 amide bonds. The molecular formula is C66H10O. The first-order chi connectivity index (χ1) is 33.1. The Balaban J connectivity index is 1.25. The Bertz CT molecular complexity index is 6950. The van der Waals surface area contributed by atoms with E-state index in [0.717, 1.165) is 12.0 Å². The van der Waals surface area contributed by atoms with E-state index < -0.39 is 11.0 Å². The third-order valence-electron chi connectivity index (χ3n) is 25.5. The van der Waals surface area contributed by atoms with Crippen LogP contribution in [0.1, 0.15) is 42.0 Å². The van der Waals surface area contributed by atoms with Gasteiger partial charge in [-0.3, -0.25) is 0 Å². The highest BCUT2D eigenvalue weighted by atomic mass is 16.3. The third kappa shape index (κ3) is 1.26. The van der Waals surface area contributed by atoms with Crippen LogP contribution >= 0.6 is 0 Å². The van der Waals surface area contributed by atoms with Crippen molar-refractivity contribution in [2.24, 2.45) is 0 Å². The molecule has 0 radical (unpaired) electrons. The van der Waals surface area contributed by atoms with Gasteiger partial charge >= 0.3 is 0 Å². The number of rotatable bonds is 0. The van der Waals surface area contributed by atoms with E-state index in [1.807, 2.05) is 0 Å². The zero-order valence-corrected chi connectivity index (χ0v) is 34.6. The third-order valence-corrected chi connectivity index (χ3v) is 25.5. The van der Waals surface area contributed by atoms with Crippen LogP contribution < -0.4 is 0 Å². The normalized spacial score (nSPS) is 25.6. The van der Waals surface area contributed by atoms with Crippen molar-refractivity contribution in [3.8, 4) is 0 Å². The van der Waals surface area contributed by atoms with Crippen LogP contribution in [0.3, 0.4) is 0 Å². The summed E-state index contributed by atoms with van der Waals surface area (Å²) in [5.74, 6) is 0. The summed E-state index contributed by atoms with van der Waals surface area (Å²) in [6.07, 6.45) is 1.52. The van der Waals surface area contributed by atoms with E-state index in [2.05, 4.69) is 6.92 Å². The Hall–Kier alpha value is -7.84. The van der Waals surface area contributed by atoms with Gasteiger partial charge in [0.25, 0.3) is 0 Å². The second kappa shape index (κ2) is 5.31. The lowest BCUT2D eigenvalue weighted by molar-refractivity contribution is 0.0250. The lowest BCUT2D eigenvalue weighted by Gasteiger charge is -2.60. The summed E-state index contributed by atoms with van der Waals surface area (Å²) in [5, 5.41) is 101. The van der Waals surface area contributed by atoms with Crippen LogP contribution in [-0.4, -0.2) is 10.7 Å². The maximum Gasteiger partial charge on any atom is 0.0838 e. The number of aliphatic hydroxyl groups is 1. The van der Waals surface area contributed by atoms with Gasteiger partial charge in [-0.15, -0.1) is 0 Å². The molecular weight excluding hydrogens is 809 g/mol. The van der Waals surface area contributed by atoms with E-state index in [9.17, 15) is 5.11 Å². The highest BCUT2D eigenvalue weighted by molar-refractivity contribution is 6.82. The molecule has 0 saturated heterocycles. The lowest BCUT2D eigenvalue weighted by atomic mass is 9.41. The Morgan fingerprint density at radius 1 is 0.239 bits per heavy atom. The molecule has 0 bridgehead atoms. The highest BCUT2D eigenvalue weighted by Gasteiger charge is 2.72. The summed E-state index contributed by atoms with van der Waals surface area (Å²) in [6, 6.07) is 0. The largest absolute Gasteiger partial charge is 0.386 e. The Morgan fingerprint density at radius 2 is 0.373 bits per heavy atom. The molecule has 1 nitrogen and oxygen atoms in total. The fourth-order valence-corrected chi connectivity index (χ4v) is 25.4. The molecule has 1 N–H and O–H groups in total. The summed E-state index contributed by atoms with van der Waals surface area (Å²) in [4.78, 5) is 0. The van der Waals surface area contributed by atoms with Gasteiger partial charge in [0.1, 0.15) is 0 Å². The molecule has 0 heterocycles. The molecule has 1 fully saturated rings. The monoisotopic (exact) mass is 818 g/mol. The maximum atomic E-state index is 13.4. The van der Waals surface area contributed by atoms with Crippen LogP contribution in [0.5, 0.6) is 0 Å². The molecule has 5 aliphatic carbocycles. The molecule has 33 rings (SSSR count). The molecule has 5 aliphatic rings. The molecule has 280 valence electrons. The van der Waals surface area contributed by atoms with Crippen LogP contribution in [-0.2, 0) is 10.8 Å². The molecule has 1 unspecified atom stereocenters. The molecule has 1 atom stereocenters. The second-order valence-corrected chi connectivity index (χ2v) is 25.8. The SMILES string of the molecule is C=C1CC23c4c5c6c7c8c9c(c%10c%11c2c2c4c4c%12c5c5c6c6c8c8c%13c9c9c%10c%10c%11c%11c2c2c4c4c%12c%12c5c5c6c8c6c8c%13c9c9c%10c%10c%11c2c2c4c4c%12c5c6c5c8c9c%10c2c45)C73CC1(C)O. The van der Waals surface area contributed by atoms with Crippen LogP contribution in [0.4, 0.5) is 0 Å². The molecule has 28 aromatic rings. The molecule has 2 spiro atoms. The van der Waals surface area contributed by atoms with Crippen molar-refractivity contribution in [2.75, 3.05) is 0 Å². The second-order valence-electron chi connectivity index (χ2n) is 25.8. The van der Waals surface area contributed by atoms with Gasteiger partial charge < -0.3 is 5.11 Å². The minimum absolute atomic E-state index is 0.350. The van der Waals surface area contributed by atoms with Crippen LogP contribution in [0.25, 0.3) is 291 Å². The van der Waals surface area contributed by atoms with E-state index in [1.165, 1.54) is 0 Å². The van der Waals surface area contributed by atoms with Crippen molar-refractivity contribution in [2.45, 2.75) is 36.2 Å². The van der Waals surface area contributed by atoms with E-state index in [4.69, 9.17) is 6.58 Å². The fraction of sp³-hybridized carbons (Fsp3) is 0.0909. The zero-order valence-electron chi connectivity index (χ0n) is 34.6. The van der Waals surface area contributed by atoms with Gasteiger partial charge in [-0.1, -0.05) is 6.58 Å². The van der Waals surface area contributed by atoms with Gasteiger partial charge in [-0.25, -0.2) is 0 Å². The Labute approximate surface area is 364 Å². The predicted molar refractivity (Wildman–Crippen MR) is 283 cm³/mol. The number of hydrogen-bond donors (Lipinski definition) is 1. The first-order valence-electron chi connectivity index (χ1n) is 25.2. The van der Waals surface area contributed by atoms with Gasteiger partial charge in [0.2, 0.25) is 0 Å². The Morgan fingerprint density at radius 3 is 0.537 bits per heavy atom. The minimum Gasteiger partial charge on any atom is -0.386 e. The van der Waals surface area contributed by atoms with Crippen molar-refractivity contribution < 1.29 is 5.11 Å². The van der Waals surface area contributed by atoms with E-state index in [1.54, 1.807) is 313 Å². The number of hydrogen-bond acceptors (Lipinski definition) is 1. The van der Waals surface area contributed by atoms with Crippen molar-refractivity contribution in [1.82, 2.24) is 0 Å². The summed E-state index contributed by atoms with van der Waals surface area (Å²) in [5.41, 5.74) is 5.94. The Kier molecular flexibility index (Phi) is 1.95. The molecule has 1 saturated carbocycles. The average molecular weight is 819 g/mol. The summed E-state index contributed by atoms with van der Waals surface area (Å²) in [7, 11) is 0. The quantitative estimate of drug-likeness (QED) is 0.119. The summed E-state index contributed by atoms with van der Waals surface area (Å²) >= 11 is 0. The molecule has 1 heteroatoms. The smallest absolute Gasteiger partial charge is 0.0838 e. The summed E-state index contributed by atoms with van der Waals surface area (Å²) in [6.45, 7) is 7.19. The van der Waals surface area contributed by atoms with Crippen molar-refractivity contribution in [3.05, 3.63) is 34.4 Å². The lowest BCUT2D eigenvalue weighted by Crippen LogP contribution is -2.60. The van der Waals surface area contributed by atoms with Crippen molar-refractivity contribution in [3.63, 3.8) is 0 Å². The molecule has 28 aromatic carbocycles. The first kappa shape index (κ1) is 24.6. The van der Waals surface area contributed by atoms with Crippen molar-refractivity contribution in [1.29, 1.82) is 0 Å². The minimum atomic E-state index is -1.01. The topological polar surface area (TPSA) is 20.2 Å². The average Bonchev–Trinajstić information content (AvgIpc) is 4.17. The van der Waals surface area contributed by atoms with Gasteiger partial charge in [0.15, 0.2) is 0 Å². The van der Waals surface area contributed by atoms with Gasteiger partial charge in [0, 0.05) is 10.8 Å². The standard InChI is InChI=1S/C66H10O/c1-5-3-65-60-52-44-34-24-16-8-6-7-10-14-12(8)20-28-22(14)32-26-18(10)19-11(7)15-13-9(6)17(16)25-31-21(13)29-23(15)33-27(19)37-36(26)46-40(32)50-42(28)48(38(44)30(20)24)54(60)56(50)62-58(46)59-47(37)41(33)51-43(29)49-39(31)45(35(25)34)53(52)61(65)55(49)57(51)63(59)66(62,65)4-64(5,2)67/h67H,1,3-4H2,2H3. The number of benzene rings is 18. The van der Waals surface area contributed by atoms with Crippen LogP contribution in [0, 0.1) is 0 Å². The predicted octanol–water partition coefficient (Wildman–Crippen LogP) is 17.4. The van der Waals surface area contributed by atoms with Gasteiger partial charge in [-0.05, 0) is 338 Å². The van der Waals surface area contributed by atoms with Gasteiger partial charge in [0.05, 0.1) is 5.60 Å². The van der Waals surface area contributed by atoms with Crippen molar-refractivity contribution >= 4 is 291 Å². The van der Waals surface area contributed by atoms with Gasteiger partial charge in [-0.2, -0.15) is 0 Å².